The van der Waals surface area contributed by atoms with Crippen molar-refractivity contribution in [3.05, 3.63) is 17.7 Å². The molecule has 5 nitrogen and oxygen atoms in total. The Morgan fingerprint density at radius 3 is 2.38 bits per heavy atom. The van der Waals surface area contributed by atoms with Crippen LogP contribution in [0.5, 0.6) is 5.75 Å². The third-order valence-corrected chi connectivity index (χ3v) is 3.80. The van der Waals surface area contributed by atoms with Gasteiger partial charge in [0.15, 0.2) is 0 Å². The van der Waals surface area contributed by atoms with E-state index in [4.69, 9.17) is 25.5 Å². The third kappa shape index (κ3) is 2.77. The number of phenols is 1. The highest BCUT2D eigenvalue weighted by Gasteiger charge is 2.64. The quantitative estimate of drug-likeness (QED) is 0.545. The highest BCUT2D eigenvalue weighted by molar-refractivity contribution is 6.41. The maximum absolute atomic E-state index is 12.1. The fourth-order valence-electron chi connectivity index (χ4n) is 2.61. The van der Waals surface area contributed by atoms with E-state index >= 15 is 0 Å². The number of ether oxygens (including phenoxy) is 1. The van der Waals surface area contributed by atoms with Gasteiger partial charge >= 0.3 is 11.9 Å². The molecule has 1 aliphatic rings. The molecular formula is C14H14B2O5. The number of hydrogen-bond donors (Lipinski definition) is 2. The van der Waals surface area contributed by atoms with Crippen LogP contribution in [0.1, 0.15) is 18.9 Å². The predicted molar refractivity (Wildman–Crippen MR) is 77.4 cm³/mol. The summed E-state index contributed by atoms with van der Waals surface area (Å²) in [5.41, 5.74) is -0.287. The summed E-state index contributed by atoms with van der Waals surface area (Å²) in [5, 5.41) is 18.7. The lowest BCUT2D eigenvalue weighted by Gasteiger charge is -2.16. The molecule has 106 valence electrons. The van der Waals surface area contributed by atoms with Crippen molar-refractivity contribution in [3.8, 4) is 5.75 Å². The maximum Gasteiger partial charge on any atom is 0.313 e. The van der Waals surface area contributed by atoms with Crippen LogP contribution in [0, 0.1) is 11.3 Å². The number of carboxylic acid groups (broad SMARTS) is 1. The summed E-state index contributed by atoms with van der Waals surface area (Å²) >= 11 is 0. The number of esters is 1. The first-order valence-corrected chi connectivity index (χ1v) is 6.58. The van der Waals surface area contributed by atoms with Gasteiger partial charge in [0.05, 0.1) is 17.9 Å². The smallest absolute Gasteiger partial charge is 0.313 e. The van der Waals surface area contributed by atoms with Crippen molar-refractivity contribution in [2.45, 2.75) is 19.8 Å². The van der Waals surface area contributed by atoms with Crippen LogP contribution >= 0.6 is 0 Å². The van der Waals surface area contributed by atoms with Crippen molar-refractivity contribution >= 4 is 38.6 Å². The summed E-state index contributed by atoms with van der Waals surface area (Å²) < 4.78 is 4.99. The van der Waals surface area contributed by atoms with Crippen molar-refractivity contribution in [1.82, 2.24) is 0 Å². The van der Waals surface area contributed by atoms with Gasteiger partial charge in [-0.25, -0.2) is 0 Å². The van der Waals surface area contributed by atoms with Crippen LogP contribution in [0.4, 0.5) is 0 Å². The molecule has 1 aliphatic carbocycles. The number of phenolic OH excluding ortho intramolecular Hbond substituents is 1. The van der Waals surface area contributed by atoms with E-state index < -0.39 is 23.3 Å². The van der Waals surface area contributed by atoms with E-state index in [1.54, 1.807) is 6.92 Å². The van der Waals surface area contributed by atoms with Crippen LogP contribution in [0.3, 0.4) is 0 Å². The van der Waals surface area contributed by atoms with Gasteiger partial charge in [0, 0.05) is 0 Å². The number of hydrogen-bond acceptors (Lipinski definition) is 4. The Balaban J connectivity index is 2.29. The Kier molecular flexibility index (Phi) is 4.03. The van der Waals surface area contributed by atoms with Crippen LogP contribution in [0.15, 0.2) is 12.1 Å². The molecule has 0 amide bonds. The van der Waals surface area contributed by atoms with Gasteiger partial charge in [0.1, 0.15) is 21.4 Å². The molecule has 1 unspecified atom stereocenters. The number of carbonyl (C=O) groups is 2. The molecule has 4 radical (unpaired) electrons. The lowest BCUT2D eigenvalue weighted by Crippen LogP contribution is -2.27. The number of benzene rings is 1. The second-order valence-electron chi connectivity index (χ2n) is 5.27. The second-order valence-corrected chi connectivity index (χ2v) is 5.27. The van der Waals surface area contributed by atoms with E-state index in [9.17, 15) is 14.7 Å². The molecule has 1 saturated carbocycles. The molecule has 0 aromatic heterocycles. The molecule has 2 N–H and O–H groups in total. The first kappa shape index (κ1) is 15.5. The van der Waals surface area contributed by atoms with Gasteiger partial charge in [-0.1, -0.05) is 23.1 Å². The number of aromatic hydroxyl groups is 1. The molecule has 2 atom stereocenters. The standard InChI is InChI=1S/C14H14B2O5/c1-2-21-13(20)14(6-8(14)12(18)19)5-7-3-9(15)11(17)10(16)4-7/h3-4,8,17H,2,5-6H2,1H3,(H,18,19)/t8?,14-/m0/s1. The molecule has 0 aliphatic heterocycles. The third-order valence-electron chi connectivity index (χ3n) is 3.80. The molecule has 2 rings (SSSR count). The van der Waals surface area contributed by atoms with Crippen molar-refractivity contribution in [2.24, 2.45) is 11.3 Å². The molecule has 1 fully saturated rings. The van der Waals surface area contributed by atoms with Crippen molar-refractivity contribution < 1.29 is 24.5 Å². The van der Waals surface area contributed by atoms with Crippen molar-refractivity contribution in [2.75, 3.05) is 6.61 Å². The number of rotatable bonds is 5. The molecule has 0 heterocycles. The summed E-state index contributed by atoms with van der Waals surface area (Å²) in [6.45, 7) is 1.85. The molecule has 7 heteroatoms. The van der Waals surface area contributed by atoms with Crippen LogP contribution in [-0.4, -0.2) is 44.5 Å². The van der Waals surface area contributed by atoms with Crippen molar-refractivity contribution in [3.63, 3.8) is 0 Å². The zero-order valence-corrected chi connectivity index (χ0v) is 11.6. The van der Waals surface area contributed by atoms with E-state index in [0.29, 0.717) is 5.56 Å². The molecular weight excluding hydrogens is 270 g/mol. The van der Waals surface area contributed by atoms with Gasteiger partial charge < -0.3 is 14.9 Å². The molecule has 1 aromatic rings. The number of carbonyl (C=O) groups excluding carboxylic acids is 1. The summed E-state index contributed by atoms with van der Waals surface area (Å²) in [4.78, 5) is 23.3. The van der Waals surface area contributed by atoms with E-state index in [-0.39, 0.29) is 36.1 Å². The summed E-state index contributed by atoms with van der Waals surface area (Å²) in [7, 11) is 11.3. The Morgan fingerprint density at radius 2 is 1.95 bits per heavy atom. The van der Waals surface area contributed by atoms with Gasteiger partial charge in [-0.2, -0.15) is 0 Å². The zero-order chi connectivity index (χ0) is 15.8. The lowest BCUT2D eigenvalue weighted by molar-refractivity contribution is -0.153. The van der Waals surface area contributed by atoms with E-state index in [0.717, 1.165) is 0 Å². The molecule has 0 saturated heterocycles. The first-order chi connectivity index (χ1) is 9.81. The highest BCUT2D eigenvalue weighted by Crippen LogP contribution is 2.55. The summed E-state index contributed by atoms with van der Waals surface area (Å²) in [6.07, 6.45) is 0.388. The fourth-order valence-corrected chi connectivity index (χ4v) is 2.61. The van der Waals surface area contributed by atoms with Crippen LogP contribution < -0.4 is 10.9 Å². The van der Waals surface area contributed by atoms with Crippen molar-refractivity contribution in [1.29, 1.82) is 0 Å². The monoisotopic (exact) mass is 284 g/mol. The SMILES string of the molecule is [B]c1cc(C[C@]2(C(=O)OCC)CC2C(=O)O)cc([B])c1O. The van der Waals surface area contributed by atoms with E-state index in [1.807, 2.05) is 0 Å². The first-order valence-electron chi connectivity index (χ1n) is 6.58. The van der Waals surface area contributed by atoms with Gasteiger partial charge in [-0.05, 0) is 25.3 Å². The Labute approximate surface area is 125 Å². The van der Waals surface area contributed by atoms with Crippen LogP contribution in [-0.2, 0) is 20.7 Å². The second kappa shape index (κ2) is 5.47. The average Bonchev–Trinajstić information content (AvgIpc) is 3.12. The summed E-state index contributed by atoms with van der Waals surface area (Å²) in [5.74, 6) is -2.53. The van der Waals surface area contributed by atoms with E-state index in [1.165, 1.54) is 12.1 Å². The molecule has 1 aromatic carbocycles. The Morgan fingerprint density at radius 1 is 1.38 bits per heavy atom. The van der Waals surface area contributed by atoms with Crippen LogP contribution in [0.25, 0.3) is 0 Å². The van der Waals surface area contributed by atoms with Gasteiger partial charge in [-0.3, -0.25) is 9.59 Å². The minimum absolute atomic E-state index is 0.0940. The molecule has 0 spiro atoms. The van der Waals surface area contributed by atoms with Gasteiger partial charge in [0.25, 0.3) is 0 Å². The van der Waals surface area contributed by atoms with E-state index in [2.05, 4.69) is 0 Å². The topological polar surface area (TPSA) is 83.8 Å². The predicted octanol–water partition coefficient (Wildman–Crippen LogP) is -0.824. The van der Waals surface area contributed by atoms with Gasteiger partial charge in [-0.15, -0.1) is 0 Å². The summed E-state index contributed by atoms with van der Waals surface area (Å²) in [6, 6.07) is 2.98. The Bertz CT molecular complexity index is 578. The normalized spacial score (nSPS) is 23.6. The molecule has 21 heavy (non-hydrogen) atoms. The Hall–Kier alpha value is -1.91. The zero-order valence-electron chi connectivity index (χ0n) is 11.6. The highest BCUT2D eigenvalue weighted by atomic mass is 16.5. The van der Waals surface area contributed by atoms with Gasteiger partial charge in [0.2, 0.25) is 0 Å². The lowest BCUT2D eigenvalue weighted by atomic mass is 9.81. The fraction of sp³-hybridized carbons (Fsp3) is 0.429. The minimum atomic E-state index is -1.07. The number of aliphatic carboxylic acids is 1. The largest absolute Gasteiger partial charge is 0.509 e. The minimum Gasteiger partial charge on any atom is -0.509 e. The average molecular weight is 284 g/mol. The maximum atomic E-state index is 12.1. The molecule has 0 bridgehead atoms. The number of carboxylic acids is 1. The van der Waals surface area contributed by atoms with Crippen LogP contribution in [0.2, 0.25) is 0 Å².